The zero-order valence-corrected chi connectivity index (χ0v) is 8.36. The Morgan fingerprint density at radius 3 is 2.50 bits per heavy atom. The van der Waals surface area contributed by atoms with E-state index in [1.165, 1.54) is 0 Å². The van der Waals surface area contributed by atoms with E-state index in [0.717, 1.165) is 6.08 Å². The molecule has 5 nitrogen and oxygen atoms in total. The Balaban J connectivity index is 2.99. The van der Waals surface area contributed by atoms with Crippen LogP contribution in [0.15, 0.2) is 12.7 Å². The van der Waals surface area contributed by atoms with E-state index in [2.05, 4.69) is 16.1 Å². The predicted molar refractivity (Wildman–Crippen MR) is 49.8 cm³/mol. The Kier molecular flexibility index (Phi) is 9.51. The Morgan fingerprint density at radius 1 is 1.21 bits per heavy atom. The van der Waals surface area contributed by atoms with Crippen molar-refractivity contribution >= 4 is 5.97 Å². The first kappa shape index (κ1) is 13.1. The second-order valence-corrected chi connectivity index (χ2v) is 2.30. The van der Waals surface area contributed by atoms with Gasteiger partial charge in [0.15, 0.2) is 0 Å². The third-order valence-electron chi connectivity index (χ3n) is 1.21. The summed E-state index contributed by atoms with van der Waals surface area (Å²) >= 11 is 0. The second-order valence-electron chi connectivity index (χ2n) is 2.30. The Bertz CT molecular complexity index is 157. The molecule has 0 saturated heterocycles. The minimum Gasteiger partial charge on any atom is -0.460 e. The summed E-state index contributed by atoms with van der Waals surface area (Å²) < 4.78 is 19.4. The van der Waals surface area contributed by atoms with Gasteiger partial charge in [-0.3, -0.25) is 0 Å². The topological polar surface area (TPSA) is 54.0 Å². The molecule has 0 aromatic carbocycles. The molecular weight excluding hydrogens is 188 g/mol. The fraction of sp³-hybridized carbons (Fsp3) is 0.667. The summed E-state index contributed by atoms with van der Waals surface area (Å²) in [5, 5.41) is 0. The van der Waals surface area contributed by atoms with Crippen molar-refractivity contribution in [3.05, 3.63) is 12.7 Å². The molecule has 0 rings (SSSR count). The highest BCUT2D eigenvalue weighted by molar-refractivity contribution is 5.81. The first-order chi connectivity index (χ1) is 6.81. The van der Waals surface area contributed by atoms with E-state index in [9.17, 15) is 4.79 Å². The highest BCUT2D eigenvalue weighted by Crippen LogP contribution is 1.82. The molecular formula is C9H16O5. The molecule has 0 aliphatic carbocycles. The molecule has 14 heavy (non-hydrogen) atoms. The number of esters is 1. The summed E-state index contributed by atoms with van der Waals surface area (Å²) in [6.07, 6.45) is 1.11. The molecule has 82 valence electrons. The van der Waals surface area contributed by atoms with Crippen LogP contribution < -0.4 is 0 Å². The van der Waals surface area contributed by atoms with Crippen molar-refractivity contribution < 1.29 is 23.7 Å². The van der Waals surface area contributed by atoms with Gasteiger partial charge in [0.2, 0.25) is 0 Å². The Morgan fingerprint density at radius 2 is 1.86 bits per heavy atom. The summed E-state index contributed by atoms with van der Waals surface area (Å²) in [5.74, 6) is -0.441. The maximum atomic E-state index is 10.5. The van der Waals surface area contributed by atoms with Gasteiger partial charge in [0.1, 0.15) is 13.4 Å². The normalized spacial score (nSPS) is 9.79. The lowest BCUT2D eigenvalue weighted by atomic mass is 10.6. The molecule has 0 amide bonds. The van der Waals surface area contributed by atoms with Crippen molar-refractivity contribution in [3.8, 4) is 0 Å². The number of carbonyl (C=O) groups is 1. The third-order valence-corrected chi connectivity index (χ3v) is 1.21. The van der Waals surface area contributed by atoms with Gasteiger partial charge in [0.05, 0.1) is 19.8 Å². The highest BCUT2D eigenvalue weighted by Gasteiger charge is 1.94. The molecule has 0 unspecified atom stereocenters. The van der Waals surface area contributed by atoms with Crippen LogP contribution in [0.25, 0.3) is 0 Å². The van der Waals surface area contributed by atoms with E-state index in [4.69, 9.17) is 9.47 Å². The Labute approximate surface area is 83.6 Å². The van der Waals surface area contributed by atoms with Crippen LogP contribution in [0.3, 0.4) is 0 Å². The van der Waals surface area contributed by atoms with Crippen LogP contribution in [0.1, 0.15) is 0 Å². The lowest BCUT2D eigenvalue weighted by molar-refractivity contribution is -0.139. The monoisotopic (exact) mass is 204 g/mol. The minimum atomic E-state index is -0.441. The molecule has 0 aromatic heterocycles. The van der Waals surface area contributed by atoms with Crippen molar-refractivity contribution in [2.45, 2.75) is 0 Å². The fourth-order valence-electron chi connectivity index (χ4n) is 0.622. The maximum Gasteiger partial charge on any atom is 0.330 e. The van der Waals surface area contributed by atoms with Crippen LogP contribution in [0.5, 0.6) is 0 Å². The van der Waals surface area contributed by atoms with E-state index in [1.54, 1.807) is 7.11 Å². The number of hydrogen-bond acceptors (Lipinski definition) is 5. The van der Waals surface area contributed by atoms with Crippen LogP contribution >= 0.6 is 0 Å². The van der Waals surface area contributed by atoms with Gasteiger partial charge in [-0.05, 0) is 0 Å². The van der Waals surface area contributed by atoms with Crippen molar-refractivity contribution in [2.24, 2.45) is 0 Å². The largest absolute Gasteiger partial charge is 0.460 e. The number of methoxy groups -OCH3 is 1. The smallest absolute Gasteiger partial charge is 0.330 e. The molecule has 0 bridgehead atoms. The molecule has 0 atom stereocenters. The fourth-order valence-corrected chi connectivity index (χ4v) is 0.622. The predicted octanol–water partition coefficient (Wildman–Crippen LogP) is 0.353. The molecule has 0 saturated carbocycles. The summed E-state index contributed by atoms with van der Waals surface area (Å²) in [7, 11) is 1.55. The maximum absolute atomic E-state index is 10.5. The van der Waals surface area contributed by atoms with E-state index < -0.39 is 5.97 Å². The minimum absolute atomic E-state index is 0.231. The molecule has 0 fully saturated rings. The van der Waals surface area contributed by atoms with Crippen LogP contribution in [0, 0.1) is 0 Å². The van der Waals surface area contributed by atoms with Gasteiger partial charge in [-0.15, -0.1) is 0 Å². The van der Waals surface area contributed by atoms with Gasteiger partial charge in [0.25, 0.3) is 0 Å². The van der Waals surface area contributed by atoms with Crippen molar-refractivity contribution in [2.75, 3.05) is 40.3 Å². The zero-order chi connectivity index (χ0) is 10.6. The molecule has 0 spiro atoms. The lowest BCUT2D eigenvalue weighted by Crippen LogP contribution is -2.11. The first-order valence-electron chi connectivity index (χ1n) is 4.25. The molecule has 0 aromatic rings. The van der Waals surface area contributed by atoms with Gasteiger partial charge in [-0.25, -0.2) is 4.79 Å². The highest BCUT2D eigenvalue weighted by atomic mass is 16.7. The van der Waals surface area contributed by atoms with E-state index >= 15 is 0 Å². The van der Waals surface area contributed by atoms with Crippen molar-refractivity contribution in [3.63, 3.8) is 0 Å². The molecule has 0 heterocycles. The first-order valence-corrected chi connectivity index (χ1v) is 4.25. The summed E-state index contributed by atoms with van der Waals surface area (Å²) in [4.78, 5) is 10.5. The second kappa shape index (κ2) is 10.2. The van der Waals surface area contributed by atoms with Gasteiger partial charge < -0.3 is 18.9 Å². The average Bonchev–Trinajstić information content (AvgIpc) is 2.21. The SMILES string of the molecule is C=CC(=O)OCCOCCOCOC. The van der Waals surface area contributed by atoms with Gasteiger partial charge in [0, 0.05) is 13.2 Å². The van der Waals surface area contributed by atoms with Crippen molar-refractivity contribution in [1.82, 2.24) is 0 Å². The van der Waals surface area contributed by atoms with E-state index in [1.807, 2.05) is 0 Å². The van der Waals surface area contributed by atoms with Gasteiger partial charge in [-0.1, -0.05) is 6.58 Å². The number of carbonyl (C=O) groups excluding carboxylic acids is 1. The third kappa shape index (κ3) is 9.18. The number of hydrogen-bond donors (Lipinski definition) is 0. The van der Waals surface area contributed by atoms with Crippen LogP contribution in [0.4, 0.5) is 0 Å². The van der Waals surface area contributed by atoms with E-state index in [-0.39, 0.29) is 13.4 Å². The molecule has 5 heteroatoms. The average molecular weight is 204 g/mol. The number of rotatable bonds is 9. The van der Waals surface area contributed by atoms with Crippen LogP contribution in [-0.4, -0.2) is 46.3 Å². The Hall–Kier alpha value is -0.910. The standard InChI is InChI=1S/C9H16O5/c1-3-9(10)14-7-6-12-4-5-13-8-11-2/h3H,1,4-8H2,2H3. The molecule has 0 N–H and O–H groups in total. The lowest BCUT2D eigenvalue weighted by Gasteiger charge is -2.04. The quantitative estimate of drug-likeness (QED) is 0.235. The van der Waals surface area contributed by atoms with Gasteiger partial charge in [-0.2, -0.15) is 0 Å². The summed E-state index contributed by atoms with van der Waals surface area (Å²) in [6.45, 7) is 5.02. The molecule has 0 aliphatic rings. The van der Waals surface area contributed by atoms with E-state index in [0.29, 0.717) is 19.8 Å². The molecule has 0 radical (unpaired) electrons. The number of ether oxygens (including phenoxy) is 4. The van der Waals surface area contributed by atoms with Gasteiger partial charge >= 0.3 is 5.97 Å². The van der Waals surface area contributed by atoms with Crippen LogP contribution in [-0.2, 0) is 23.7 Å². The van der Waals surface area contributed by atoms with Crippen LogP contribution in [0.2, 0.25) is 0 Å². The summed E-state index contributed by atoms with van der Waals surface area (Å²) in [5.41, 5.74) is 0. The zero-order valence-electron chi connectivity index (χ0n) is 8.36. The van der Waals surface area contributed by atoms with Crippen molar-refractivity contribution in [1.29, 1.82) is 0 Å². The molecule has 0 aliphatic heterocycles. The summed E-state index contributed by atoms with van der Waals surface area (Å²) in [6, 6.07) is 0.